The van der Waals surface area contributed by atoms with E-state index in [9.17, 15) is 18.0 Å². The summed E-state index contributed by atoms with van der Waals surface area (Å²) in [5.41, 5.74) is 2.81. The zero-order valence-electron chi connectivity index (χ0n) is 21.8. The number of hydrogen-bond donors (Lipinski definition) is 2. The average molecular weight is 575 g/mol. The van der Waals surface area contributed by atoms with Crippen LogP contribution >= 0.6 is 11.6 Å². The minimum absolute atomic E-state index is 0.124. The first-order chi connectivity index (χ1) is 19.0. The van der Waals surface area contributed by atoms with Crippen molar-refractivity contribution in [3.8, 4) is 17.2 Å². The second-order valence-electron chi connectivity index (χ2n) is 8.93. The molecule has 0 unspecified atom stereocenters. The first-order valence-electron chi connectivity index (χ1n) is 12.0. The first kappa shape index (κ1) is 28.7. The summed E-state index contributed by atoms with van der Waals surface area (Å²) < 4.78 is 49.0. The van der Waals surface area contributed by atoms with Crippen molar-refractivity contribution in [1.82, 2.24) is 24.8 Å². The van der Waals surface area contributed by atoms with Crippen LogP contribution in [-0.4, -0.2) is 52.3 Å². The van der Waals surface area contributed by atoms with Crippen LogP contribution in [0.5, 0.6) is 17.2 Å². The fraction of sp³-hybridized carbons (Fsp3) is 0.222. The predicted molar refractivity (Wildman–Crippen MR) is 146 cm³/mol. The second kappa shape index (κ2) is 12.3. The fourth-order valence-corrected chi connectivity index (χ4v) is 3.97. The van der Waals surface area contributed by atoms with Gasteiger partial charge in [0.25, 0.3) is 0 Å². The number of carbonyl (C=O) groups is 1. The molecule has 0 aliphatic rings. The molecule has 0 atom stereocenters. The highest BCUT2D eigenvalue weighted by Crippen LogP contribution is 2.35. The number of rotatable bonds is 10. The van der Waals surface area contributed by atoms with Crippen molar-refractivity contribution in [3.63, 3.8) is 0 Å². The van der Waals surface area contributed by atoms with Crippen LogP contribution in [0.1, 0.15) is 5.69 Å². The van der Waals surface area contributed by atoms with Gasteiger partial charge in [0, 0.05) is 37.1 Å². The van der Waals surface area contributed by atoms with Gasteiger partial charge in [0.1, 0.15) is 29.1 Å². The van der Waals surface area contributed by atoms with Gasteiger partial charge in [-0.1, -0.05) is 23.7 Å². The monoisotopic (exact) mass is 574 g/mol. The largest absolute Gasteiger partial charge is 0.573 e. The Kier molecular flexibility index (Phi) is 8.80. The summed E-state index contributed by atoms with van der Waals surface area (Å²) in [7, 11) is 5.68. The summed E-state index contributed by atoms with van der Waals surface area (Å²) in [6.45, 7) is 0.956. The van der Waals surface area contributed by atoms with Crippen molar-refractivity contribution < 1.29 is 27.4 Å². The number of likely N-dealkylation sites (N-methyl/N-ethyl adjacent to an activating group) is 1. The molecule has 0 spiro atoms. The third-order valence-electron chi connectivity index (χ3n) is 5.57. The number of aryl methyl sites for hydroxylation is 1. The highest BCUT2D eigenvalue weighted by molar-refractivity contribution is 6.32. The highest BCUT2D eigenvalue weighted by Gasteiger charge is 2.31. The molecule has 0 saturated carbocycles. The van der Waals surface area contributed by atoms with Crippen molar-refractivity contribution in [3.05, 3.63) is 77.7 Å². The number of halogens is 4. The normalized spacial score (nSPS) is 11.8. The number of alkyl halides is 3. The number of fused-ring (bicyclic) bond motifs is 1. The molecule has 1 amide bonds. The quantitative estimate of drug-likeness (QED) is 0.232. The molecule has 4 aromatic rings. The Morgan fingerprint density at radius 1 is 1.12 bits per heavy atom. The number of hydrogen-bond acceptors (Lipinski definition) is 7. The maximum atomic E-state index is 12.5. The van der Waals surface area contributed by atoms with E-state index < -0.39 is 12.1 Å². The summed E-state index contributed by atoms with van der Waals surface area (Å²) >= 11 is 6.41. The van der Waals surface area contributed by atoms with Gasteiger partial charge in [-0.25, -0.2) is 9.97 Å². The van der Waals surface area contributed by atoms with Crippen molar-refractivity contribution in [1.29, 1.82) is 0 Å². The maximum absolute atomic E-state index is 12.5. The zero-order chi connectivity index (χ0) is 28.9. The van der Waals surface area contributed by atoms with E-state index in [1.807, 2.05) is 36.7 Å². The average Bonchev–Trinajstić information content (AvgIpc) is 3.19. The standard InChI is InChI=1S/C27H26ClF3N6O3/c1-36(2)11-5-8-24(38)32-15-18-13-22-25(37(18)3)26(34-16-33-22)35-17-9-10-23(21(28)12-17)39-19-6-4-7-20(14-19)40-27(29,30)31/h4-10,12-14,16H,11,15H2,1-3H3,(H,32,38)(H,33,34,35)/b8-5+. The number of aromatic nitrogens is 3. The zero-order valence-corrected chi connectivity index (χ0v) is 22.5. The van der Waals surface area contributed by atoms with Crippen molar-refractivity contribution in [2.24, 2.45) is 7.05 Å². The van der Waals surface area contributed by atoms with Crippen LogP contribution in [0.2, 0.25) is 5.02 Å². The van der Waals surface area contributed by atoms with Gasteiger partial charge in [0.15, 0.2) is 5.82 Å². The molecule has 0 fully saturated rings. The first-order valence-corrected chi connectivity index (χ1v) is 12.3. The lowest BCUT2D eigenvalue weighted by molar-refractivity contribution is -0.274. The highest BCUT2D eigenvalue weighted by atomic mass is 35.5. The van der Waals surface area contributed by atoms with Crippen LogP contribution in [0.4, 0.5) is 24.7 Å². The Morgan fingerprint density at radius 3 is 2.62 bits per heavy atom. The van der Waals surface area contributed by atoms with E-state index in [1.165, 1.54) is 30.6 Å². The number of anilines is 2. The Balaban J connectivity index is 1.47. The Bertz CT molecular complexity index is 1540. The number of benzene rings is 2. The smallest absolute Gasteiger partial charge is 0.456 e. The molecule has 2 N–H and O–H groups in total. The van der Waals surface area contributed by atoms with Gasteiger partial charge in [-0.3, -0.25) is 4.79 Å². The number of nitrogens with one attached hydrogen (secondary N) is 2. The lowest BCUT2D eigenvalue weighted by atomic mass is 10.3. The van der Waals surface area contributed by atoms with Crippen LogP contribution < -0.4 is 20.1 Å². The van der Waals surface area contributed by atoms with E-state index in [0.29, 0.717) is 35.6 Å². The van der Waals surface area contributed by atoms with Gasteiger partial charge in [-0.2, -0.15) is 0 Å². The van der Waals surface area contributed by atoms with E-state index in [0.717, 1.165) is 11.8 Å². The lowest BCUT2D eigenvalue weighted by Gasteiger charge is -2.13. The van der Waals surface area contributed by atoms with Crippen molar-refractivity contribution in [2.75, 3.05) is 26.0 Å². The summed E-state index contributed by atoms with van der Waals surface area (Å²) in [4.78, 5) is 22.8. The van der Waals surface area contributed by atoms with Gasteiger partial charge < -0.3 is 29.6 Å². The summed E-state index contributed by atoms with van der Waals surface area (Å²) in [6.07, 6.45) is -0.108. The van der Waals surface area contributed by atoms with Gasteiger partial charge >= 0.3 is 6.36 Å². The van der Waals surface area contributed by atoms with Crippen LogP contribution in [0, 0.1) is 0 Å². The molecule has 13 heteroatoms. The van der Waals surface area contributed by atoms with Crippen LogP contribution in [0.3, 0.4) is 0 Å². The Morgan fingerprint density at radius 2 is 1.90 bits per heavy atom. The number of nitrogens with zero attached hydrogens (tertiary/aromatic N) is 4. The van der Waals surface area contributed by atoms with Gasteiger partial charge in [0.05, 0.1) is 17.1 Å². The van der Waals surface area contributed by atoms with Crippen LogP contribution in [-0.2, 0) is 18.4 Å². The van der Waals surface area contributed by atoms with E-state index in [2.05, 4.69) is 25.3 Å². The molecule has 40 heavy (non-hydrogen) atoms. The molecule has 0 aliphatic heterocycles. The van der Waals surface area contributed by atoms with Crippen molar-refractivity contribution >= 4 is 40.0 Å². The van der Waals surface area contributed by atoms with E-state index in [-0.39, 0.29) is 22.4 Å². The lowest BCUT2D eigenvalue weighted by Crippen LogP contribution is -2.22. The topological polar surface area (TPSA) is 93.5 Å². The SMILES string of the molecule is CN(C)C/C=C/C(=O)NCc1cc2ncnc(Nc3ccc(Oc4cccc(OC(F)(F)F)c4)c(Cl)c3)c2n1C. The third kappa shape index (κ3) is 7.64. The van der Waals surface area contributed by atoms with Crippen LogP contribution in [0.15, 0.2) is 67.0 Å². The Labute approximate surface area is 233 Å². The Hall–Kier alpha value is -4.29. The fourth-order valence-electron chi connectivity index (χ4n) is 3.76. The molecule has 0 bridgehead atoms. The summed E-state index contributed by atoms with van der Waals surface area (Å²) in [5, 5.41) is 6.29. The number of ether oxygens (including phenoxy) is 2. The molecule has 9 nitrogen and oxygen atoms in total. The molecule has 210 valence electrons. The number of amides is 1. The molecule has 0 saturated heterocycles. The molecule has 2 aromatic heterocycles. The molecule has 4 rings (SSSR count). The molecule has 2 heterocycles. The van der Waals surface area contributed by atoms with Gasteiger partial charge in [0.2, 0.25) is 5.91 Å². The molecule has 0 radical (unpaired) electrons. The van der Waals surface area contributed by atoms with E-state index >= 15 is 0 Å². The van der Waals surface area contributed by atoms with E-state index in [4.69, 9.17) is 16.3 Å². The van der Waals surface area contributed by atoms with Crippen LogP contribution in [0.25, 0.3) is 11.0 Å². The van der Waals surface area contributed by atoms with E-state index in [1.54, 1.807) is 24.3 Å². The molecule has 0 aliphatic carbocycles. The molecule has 2 aromatic carbocycles. The van der Waals surface area contributed by atoms with Gasteiger partial charge in [-0.05, 0) is 50.5 Å². The maximum Gasteiger partial charge on any atom is 0.573 e. The number of carbonyl (C=O) groups excluding carboxylic acids is 1. The summed E-state index contributed by atoms with van der Waals surface area (Å²) in [6, 6.07) is 11.9. The summed E-state index contributed by atoms with van der Waals surface area (Å²) in [5.74, 6) is 0.263. The predicted octanol–water partition coefficient (Wildman–Crippen LogP) is 5.79. The minimum atomic E-state index is -4.81. The second-order valence-corrected chi connectivity index (χ2v) is 9.34. The molecular weight excluding hydrogens is 549 g/mol. The van der Waals surface area contributed by atoms with Gasteiger partial charge in [-0.15, -0.1) is 13.2 Å². The molecular formula is C27H26ClF3N6O3. The van der Waals surface area contributed by atoms with Crippen molar-refractivity contribution in [2.45, 2.75) is 12.9 Å². The minimum Gasteiger partial charge on any atom is -0.456 e. The third-order valence-corrected chi connectivity index (χ3v) is 5.86.